The van der Waals surface area contributed by atoms with Crippen molar-refractivity contribution in [1.82, 2.24) is 9.13 Å². The number of para-hydroxylation sites is 2. The van der Waals surface area contributed by atoms with Gasteiger partial charge in [0.2, 0.25) is 0 Å². The fourth-order valence-corrected chi connectivity index (χ4v) is 13.1. The zero-order valence-corrected chi connectivity index (χ0v) is 39.6. The van der Waals surface area contributed by atoms with E-state index in [1.807, 2.05) is 84.9 Å². The van der Waals surface area contributed by atoms with E-state index in [0.717, 1.165) is 90.1 Å². The maximum Gasteiger partial charge on any atom is 0.363 e. The third-order valence-corrected chi connectivity index (χ3v) is 16.9. The van der Waals surface area contributed by atoms with E-state index in [9.17, 15) is 25.9 Å². The molecule has 0 saturated heterocycles. The van der Waals surface area contributed by atoms with E-state index in [1.165, 1.54) is 6.07 Å². The van der Waals surface area contributed by atoms with E-state index < -0.39 is 41.1 Å². The summed E-state index contributed by atoms with van der Waals surface area (Å²) in [6, 6.07) is 48.6. The van der Waals surface area contributed by atoms with Crippen molar-refractivity contribution in [2.24, 2.45) is 14.1 Å². The molecule has 11 nitrogen and oxygen atoms in total. The van der Waals surface area contributed by atoms with Crippen LogP contribution in [-0.2, 0) is 45.4 Å². The Morgan fingerprint density at radius 3 is 1.31 bits per heavy atom. The molecule has 2 N–H and O–H groups in total. The van der Waals surface area contributed by atoms with Gasteiger partial charge in [0, 0.05) is 83.4 Å². The van der Waals surface area contributed by atoms with Crippen molar-refractivity contribution in [3.05, 3.63) is 174 Å². The first-order valence-corrected chi connectivity index (χ1v) is 25.1. The molecular formula is C55H45N4O7S2+. The molecule has 0 aliphatic carbocycles. The van der Waals surface area contributed by atoms with Crippen molar-refractivity contribution in [1.29, 1.82) is 0 Å². The summed E-state index contributed by atoms with van der Waals surface area (Å²) in [7, 11) is -1.71. The number of aryl methyl sites for hydroxylation is 2. The summed E-state index contributed by atoms with van der Waals surface area (Å²) in [6.45, 7) is 4.44. The van der Waals surface area contributed by atoms with Crippen LogP contribution in [0, 0.1) is 0 Å². The highest BCUT2D eigenvalue weighted by Crippen LogP contribution is 2.58. The van der Waals surface area contributed by atoms with Gasteiger partial charge in [-0.25, -0.2) is 4.42 Å². The van der Waals surface area contributed by atoms with Crippen LogP contribution in [0.25, 0.3) is 77.1 Å². The van der Waals surface area contributed by atoms with E-state index in [2.05, 4.69) is 110 Å². The third-order valence-electron chi connectivity index (χ3n) is 15.2. The van der Waals surface area contributed by atoms with Gasteiger partial charge in [0.1, 0.15) is 16.0 Å². The van der Waals surface area contributed by atoms with Crippen LogP contribution in [0.2, 0.25) is 0 Å². The SMILES string of the molecule is CN1c2cc3[o+]c4cc5c(cc4c(-c4ccc(S(=O)(=O)O)cc4S(=O)(=O)O)c3cc2-c2c(n(C)c3ccccc23)C1(C)c1ccccc1)-c1c(n(C)c2ccccc12)C(C)(c1ccccc1)N5C. The molecule has 0 saturated carbocycles. The number of fused-ring (bicyclic) bond motifs is 12. The van der Waals surface area contributed by atoms with E-state index >= 15 is 0 Å². The Hall–Kier alpha value is -7.29. The predicted molar refractivity (Wildman–Crippen MR) is 270 cm³/mol. The quantitative estimate of drug-likeness (QED) is 0.0982. The molecule has 338 valence electrons. The second kappa shape index (κ2) is 14.1. The average Bonchev–Trinajstić information content (AvgIpc) is 3.81. The second-order valence-electron chi connectivity index (χ2n) is 18.4. The molecule has 0 amide bonds. The van der Waals surface area contributed by atoms with Gasteiger partial charge in [0.15, 0.2) is 0 Å². The molecule has 0 spiro atoms. The van der Waals surface area contributed by atoms with Gasteiger partial charge in [0.05, 0.1) is 50.6 Å². The van der Waals surface area contributed by atoms with Crippen LogP contribution >= 0.6 is 0 Å². The fraction of sp³-hybridized carbons (Fsp3) is 0.145. The topological polar surface area (TPSA) is 136 Å². The molecule has 0 radical (unpaired) electrons. The number of aromatic nitrogens is 2. The first-order chi connectivity index (χ1) is 32.4. The third kappa shape index (κ3) is 5.55. The summed E-state index contributed by atoms with van der Waals surface area (Å²) in [6.07, 6.45) is 0. The lowest BCUT2D eigenvalue weighted by Crippen LogP contribution is -2.46. The van der Waals surface area contributed by atoms with Crippen LogP contribution < -0.4 is 9.80 Å². The first-order valence-electron chi connectivity index (χ1n) is 22.2. The zero-order chi connectivity index (χ0) is 47.4. The van der Waals surface area contributed by atoms with E-state index in [1.54, 1.807) is 0 Å². The number of anilines is 2. The van der Waals surface area contributed by atoms with Crippen LogP contribution in [-0.4, -0.2) is 49.2 Å². The van der Waals surface area contributed by atoms with Gasteiger partial charge in [0.25, 0.3) is 20.2 Å². The molecule has 12 rings (SSSR count). The Morgan fingerprint density at radius 1 is 0.456 bits per heavy atom. The van der Waals surface area contributed by atoms with Gasteiger partial charge < -0.3 is 18.9 Å². The average molecular weight is 938 g/mol. The van der Waals surface area contributed by atoms with Crippen LogP contribution in [0.15, 0.2) is 166 Å². The van der Waals surface area contributed by atoms with E-state index in [4.69, 9.17) is 4.42 Å². The van der Waals surface area contributed by atoms with Crippen molar-refractivity contribution in [3.8, 4) is 33.4 Å². The molecular weight excluding hydrogens is 893 g/mol. The molecule has 5 heterocycles. The lowest BCUT2D eigenvalue weighted by molar-refractivity contribution is 0.481. The van der Waals surface area contributed by atoms with Gasteiger partial charge in [-0.05, 0) is 61.4 Å². The normalized spacial score (nSPS) is 18.0. The standard InChI is InChI=1S/C55H44N4O7S2/c1-54(32-17-9-7-10-18-32)52-50(35-21-13-15-23-42(35)56(52)3)38-28-40-46(30-44(38)58(54)5)66-47-31-45-39(29-41(47)49(40)37-26-25-34(67(60,61)62)27-48(37)68(63,64)65)51-36-22-14-16-24-43(36)57(4)53(51)55(2,59(45)6)33-19-11-8-12-20-33/h7-31H,1-6H3,(H-,60,61,62,63,64,65)/p+1. The van der Waals surface area contributed by atoms with Gasteiger partial charge in [-0.3, -0.25) is 9.11 Å². The monoisotopic (exact) mass is 937 g/mol. The summed E-state index contributed by atoms with van der Waals surface area (Å²) in [5.74, 6) is 0. The number of hydrogen-bond donors (Lipinski definition) is 2. The van der Waals surface area contributed by atoms with Crippen molar-refractivity contribution < 1.29 is 30.4 Å². The summed E-state index contributed by atoms with van der Waals surface area (Å²) >= 11 is 0. The highest BCUT2D eigenvalue weighted by molar-refractivity contribution is 7.86. The van der Waals surface area contributed by atoms with Gasteiger partial charge in [-0.15, -0.1) is 0 Å². The van der Waals surface area contributed by atoms with Gasteiger partial charge in [-0.1, -0.05) is 103 Å². The molecule has 13 heteroatoms. The lowest BCUT2D eigenvalue weighted by atomic mass is 9.77. The smallest absolute Gasteiger partial charge is 0.359 e. The molecule has 2 aliphatic rings. The second-order valence-corrected chi connectivity index (χ2v) is 21.2. The minimum absolute atomic E-state index is 0.0264. The largest absolute Gasteiger partial charge is 0.363 e. The zero-order valence-electron chi connectivity index (χ0n) is 38.0. The molecule has 7 aromatic carbocycles. The Bertz CT molecular complexity index is 3870. The molecule has 0 bridgehead atoms. The summed E-state index contributed by atoms with van der Waals surface area (Å²) in [5.41, 5.74) is 11.7. The van der Waals surface area contributed by atoms with E-state index in [0.29, 0.717) is 27.5 Å². The molecule has 10 aromatic rings. The maximum atomic E-state index is 13.6. The molecule has 2 atom stereocenters. The predicted octanol–water partition coefficient (Wildman–Crippen LogP) is 11.8. The minimum atomic E-state index is -5.12. The minimum Gasteiger partial charge on any atom is -0.359 e. The van der Waals surface area contributed by atoms with Crippen molar-refractivity contribution in [2.45, 2.75) is 34.7 Å². The van der Waals surface area contributed by atoms with E-state index in [-0.39, 0.29) is 5.56 Å². The van der Waals surface area contributed by atoms with Crippen molar-refractivity contribution in [3.63, 3.8) is 0 Å². The molecule has 2 unspecified atom stereocenters. The summed E-state index contributed by atoms with van der Waals surface area (Å²) in [4.78, 5) is 3.16. The molecule has 0 fully saturated rings. The molecule has 68 heavy (non-hydrogen) atoms. The summed E-state index contributed by atoms with van der Waals surface area (Å²) < 4.78 is 85.2. The fourth-order valence-electron chi connectivity index (χ4n) is 11.7. The Balaban J connectivity index is 1.26. The highest BCUT2D eigenvalue weighted by Gasteiger charge is 2.47. The number of benzene rings is 7. The maximum absolute atomic E-state index is 13.6. The molecule has 2 aliphatic heterocycles. The number of rotatable bonds is 5. The Labute approximate surface area is 393 Å². The van der Waals surface area contributed by atoms with Crippen LogP contribution in [0.5, 0.6) is 0 Å². The number of hydrogen-bond acceptors (Lipinski definition) is 6. The van der Waals surface area contributed by atoms with Gasteiger partial charge in [-0.2, -0.15) is 16.8 Å². The summed E-state index contributed by atoms with van der Waals surface area (Å²) in [5, 5.41) is 3.09. The van der Waals surface area contributed by atoms with Crippen LogP contribution in [0.4, 0.5) is 11.4 Å². The van der Waals surface area contributed by atoms with Crippen LogP contribution in [0.3, 0.4) is 0 Å². The van der Waals surface area contributed by atoms with Crippen molar-refractivity contribution in [2.75, 3.05) is 23.9 Å². The number of nitrogens with zero attached hydrogens (tertiary/aromatic N) is 4. The highest BCUT2D eigenvalue weighted by atomic mass is 32.2. The lowest BCUT2D eigenvalue weighted by Gasteiger charge is -2.46. The van der Waals surface area contributed by atoms with Crippen molar-refractivity contribution >= 4 is 75.4 Å². The Kier molecular flexibility index (Phi) is 8.74. The molecule has 3 aromatic heterocycles. The van der Waals surface area contributed by atoms with Gasteiger partial charge >= 0.3 is 11.2 Å². The van der Waals surface area contributed by atoms with Crippen LogP contribution in [0.1, 0.15) is 36.4 Å². The first kappa shape index (κ1) is 42.1. The Morgan fingerprint density at radius 2 is 0.882 bits per heavy atom.